The van der Waals surface area contributed by atoms with Crippen LogP contribution < -0.4 is 5.73 Å². The Morgan fingerprint density at radius 3 is 2.39 bits per heavy atom. The summed E-state index contributed by atoms with van der Waals surface area (Å²) >= 11 is 8.91. The van der Waals surface area contributed by atoms with Gasteiger partial charge in [-0.3, -0.25) is 0 Å². The molecule has 1 unspecified atom stereocenters. The molecule has 94 valence electrons. The summed E-state index contributed by atoms with van der Waals surface area (Å²) in [7, 11) is 0. The van der Waals surface area contributed by atoms with E-state index in [9.17, 15) is 9.50 Å². The predicted octanol–water partition coefficient (Wildman–Crippen LogP) is 3.91. The van der Waals surface area contributed by atoms with Gasteiger partial charge in [0.15, 0.2) is 0 Å². The molecule has 0 aromatic heterocycles. The third-order valence-corrected chi connectivity index (χ3v) is 3.87. The van der Waals surface area contributed by atoms with Crippen molar-refractivity contribution < 1.29 is 9.50 Å². The number of benzene rings is 2. The fourth-order valence-corrected chi connectivity index (χ4v) is 2.09. The highest BCUT2D eigenvalue weighted by atomic mass is 79.9. The van der Waals surface area contributed by atoms with Crippen LogP contribution in [0.5, 0.6) is 0 Å². The van der Waals surface area contributed by atoms with E-state index in [1.54, 1.807) is 30.3 Å². The molecule has 2 nitrogen and oxygen atoms in total. The molecule has 2 aromatic carbocycles. The van der Waals surface area contributed by atoms with Gasteiger partial charge in [0.2, 0.25) is 0 Å². The molecule has 0 aliphatic rings. The zero-order chi connectivity index (χ0) is 13.3. The summed E-state index contributed by atoms with van der Waals surface area (Å²) < 4.78 is 14.4. The van der Waals surface area contributed by atoms with Crippen LogP contribution in [0.4, 0.5) is 10.1 Å². The largest absolute Gasteiger partial charge is 0.399 e. The summed E-state index contributed by atoms with van der Waals surface area (Å²) in [5, 5.41) is 10.1. The first kappa shape index (κ1) is 13.3. The van der Waals surface area contributed by atoms with Crippen LogP contribution in [-0.2, 0) is 0 Å². The van der Waals surface area contributed by atoms with Gasteiger partial charge in [-0.2, -0.15) is 0 Å². The summed E-state index contributed by atoms with van der Waals surface area (Å²) in [5.41, 5.74) is 6.83. The number of rotatable bonds is 2. The van der Waals surface area contributed by atoms with Gasteiger partial charge in [-0.15, -0.1) is 0 Å². The normalized spacial score (nSPS) is 12.4. The quantitative estimate of drug-likeness (QED) is 0.648. The van der Waals surface area contributed by atoms with Crippen LogP contribution in [0.3, 0.4) is 0 Å². The second kappa shape index (κ2) is 5.26. The van der Waals surface area contributed by atoms with E-state index in [4.69, 9.17) is 17.3 Å². The maximum absolute atomic E-state index is 13.9. The van der Waals surface area contributed by atoms with Crippen LogP contribution in [0, 0.1) is 5.82 Å². The van der Waals surface area contributed by atoms with Crippen molar-refractivity contribution in [3.63, 3.8) is 0 Å². The molecular formula is C13H10BrClFNO. The Labute approximate surface area is 117 Å². The lowest BCUT2D eigenvalue weighted by molar-refractivity contribution is 0.215. The maximum atomic E-state index is 13.9. The molecule has 1 atom stereocenters. The van der Waals surface area contributed by atoms with E-state index < -0.39 is 11.9 Å². The van der Waals surface area contributed by atoms with E-state index in [1.165, 1.54) is 6.07 Å². The fraction of sp³-hybridized carbons (Fsp3) is 0.0769. The van der Waals surface area contributed by atoms with E-state index in [0.717, 1.165) is 0 Å². The molecule has 0 saturated heterocycles. The third kappa shape index (κ3) is 2.51. The van der Waals surface area contributed by atoms with Gasteiger partial charge in [0.05, 0.1) is 5.02 Å². The number of anilines is 1. The number of hydrogen-bond acceptors (Lipinski definition) is 2. The lowest BCUT2D eigenvalue weighted by Crippen LogP contribution is -2.03. The first-order chi connectivity index (χ1) is 8.50. The molecule has 0 aliphatic heterocycles. The molecule has 18 heavy (non-hydrogen) atoms. The zero-order valence-electron chi connectivity index (χ0n) is 9.20. The van der Waals surface area contributed by atoms with Crippen molar-refractivity contribution in [3.8, 4) is 0 Å². The van der Waals surface area contributed by atoms with Crippen LogP contribution >= 0.6 is 27.5 Å². The Bertz CT molecular complexity index is 574. The van der Waals surface area contributed by atoms with Crippen LogP contribution in [0.2, 0.25) is 5.02 Å². The number of nitrogen functional groups attached to an aromatic ring is 1. The Morgan fingerprint density at radius 1 is 1.17 bits per heavy atom. The van der Waals surface area contributed by atoms with Gasteiger partial charge in [-0.25, -0.2) is 4.39 Å². The number of hydrogen-bond donors (Lipinski definition) is 2. The first-order valence-corrected chi connectivity index (χ1v) is 6.34. The van der Waals surface area contributed by atoms with Gasteiger partial charge in [-0.1, -0.05) is 29.8 Å². The van der Waals surface area contributed by atoms with Gasteiger partial charge in [0.1, 0.15) is 11.9 Å². The average Bonchev–Trinajstić information content (AvgIpc) is 2.36. The summed E-state index contributed by atoms with van der Waals surface area (Å²) in [6.07, 6.45) is -1.07. The number of nitrogens with two attached hydrogens (primary N) is 1. The standard InChI is InChI=1S/C13H10BrClFNO/c14-10-6-5-9(12(16)11(10)15)13(18)7-1-3-8(17)4-2-7/h1-6,13,18H,17H2. The monoisotopic (exact) mass is 329 g/mol. The highest BCUT2D eigenvalue weighted by molar-refractivity contribution is 9.10. The molecule has 5 heteroatoms. The minimum absolute atomic E-state index is 0.0398. The van der Waals surface area contributed by atoms with Crippen LogP contribution in [0.1, 0.15) is 17.2 Å². The molecule has 2 rings (SSSR count). The Hall–Kier alpha value is -1.10. The second-order valence-electron chi connectivity index (χ2n) is 3.83. The molecular weight excluding hydrogens is 321 g/mol. The van der Waals surface area contributed by atoms with Crippen LogP contribution in [0.15, 0.2) is 40.9 Å². The Kier molecular flexibility index (Phi) is 3.90. The van der Waals surface area contributed by atoms with E-state index in [-0.39, 0.29) is 10.6 Å². The van der Waals surface area contributed by atoms with Crippen molar-refractivity contribution >= 4 is 33.2 Å². The number of halogens is 3. The van der Waals surface area contributed by atoms with Crippen molar-refractivity contribution in [2.24, 2.45) is 0 Å². The molecule has 0 spiro atoms. The highest BCUT2D eigenvalue weighted by Gasteiger charge is 2.18. The van der Waals surface area contributed by atoms with E-state index >= 15 is 0 Å². The molecule has 0 bridgehead atoms. The highest BCUT2D eigenvalue weighted by Crippen LogP contribution is 2.32. The van der Waals surface area contributed by atoms with Crippen molar-refractivity contribution in [2.45, 2.75) is 6.10 Å². The van der Waals surface area contributed by atoms with Crippen LogP contribution in [-0.4, -0.2) is 5.11 Å². The molecule has 0 radical (unpaired) electrons. The second-order valence-corrected chi connectivity index (χ2v) is 5.07. The number of aliphatic hydroxyl groups is 1. The van der Waals surface area contributed by atoms with Gasteiger partial charge >= 0.3 is 0 Å². The zero-order valence-corrected chi connectivity index (χ0v) is 11.5. The van der Waals surface area contributed by atoms with Crippen molar-refractivity contribution in [1.82, 2.24) is 0 Å². The molecule has 0 aliphatic carbocycles. The Balaban J connectivity index is 2.43. The maximum Gasteiger partial charge on any atom is 0.149 e. The van der Waals surface area contributed by atoms with Crippen molar-refractivity contribution in [1.29, 1.82) is 0 Å². The topological polar surface area (TPSA) is 46.2 Å². The Morgan fingerprint density at radius 2 is 1.78 bits per heavy atom. The van der Waals surface area contributed by atoms with Gasteiger partial charge in [0.25, 0.3) is 0 Å². The molecule has 0 fully saturated rings. The van der Waals surface area contributed by atoms with Gasteiger partial charge in [0, 0.05) is 15.7 Å². The van der Waals surface area contributed by atoms with E-state index in [2.05, 4.69) is 15.9 Å². The molecule has 0 heterocycles. The minimum Gasteiger partial charge on any atom is -0.399 e. The summed E-state index contributed by atoms with van der Waals surface area (Å²) in [6, 6.07) is 9.69. The van der Waals surface area contributed by atoms with Crippen molar-refractivity contribution in [2.75, 3.05) is 5.73 Å². The van der Waals surface area contributed by atoms with E-state index in [0.29, 0.717) is 15.7 Å². The number of aliphatic hydroxyl groups excluding tert-OH is 1. The average molecular weight is 331 g/mol. The van der Waals surface area contributed by atoms with Crippen molar-refractivity contribution in [3.05, 3.63) is 62.8 Å². The van der Waals surface area contributed by atoms with Gasteiger partial charge in [-0.05, 0) is 39.7 Å². The summed E-state index contributed by atoms with van der Waals surface area (Å²) in [4.78, 5) is 0. The molecule has 0 saturated carbocycles. The van der Waals surface area contributed by atoms with Gasteiger partial charge < -0.3 is 10.8 Å². The van der Waals surface area contributed by atoms with E-state index in [1.807, 2.05) is 0 Å². The van der Waals surface area contributed by atoms with Crippen LogP contribution in [0.25, 0.3) is 0 Å². The summed E-state index contributed by atoms with van der Waals surface area (Å²) in [6.45, 7) is 0. The molecule has 0 amide bonds. The third-order valence-electron chi connectivity index (χ3n) is 2.61. The predicted molar refractivity (Wildman–Crippen MR) is 74.0 cm³/mol. The fourth-order valence-electron chi connectivity index (χ4n) is 1.61. The first-order valence-electron chi connectivity index (χ1n) is 5.17. The SMILES string of the molecule is Nc1ccc(C(O)c2ccc(Br)c(Cl)c2F)cc1. The molecule has 2 aromatic rings. The minimum atomic E-state index is -1.07. The smallest absolute Gasteiger partial charge is 0.149 e. The lowest BCUT2D eigenvalue weighted by atomic mass is 10.0. The summed E-state index contributed by atoms with van der Waals surface area (Å²) in [5.74, 6) is -0.629. The molecule has 3 N–H and O–H groups in total. The lowest BCUT2D eigenvalue weighted by Gasteiger charge is -2.14.